The van der Waals surface area contributed by atoms with Crippen LogP contribution in [0.4, 0.5) is 4.79 Å². The Hall–Kier alpha value is -0.990. The summed E-state index contributed by atoms with van der Waals surface area (Å²) in [5, 5.41) is 0. The molecule has 0 heterocycles. The first kappa shape index (κ1) is 18.0. The zero-order valence-electron chi connectivity index (χ0n) is 12.9. The maximum atomic E-state index is 11.2. The Kier molecular flexibility index (Phi) is 12.7. The van der Waals surface area contributed by atoms with E-state index in [1.54, 1.807) is 4.90 Å². The van der Waals surface area contributed by atoms with Crippen molar-refractivity contribution in [1.82, 2.24) is 4.90 Å². The van der Waals surface area contributed by atoms with E-state index in [1.165, 1.54) is 32.1 Å². The average Bonchev–Trinajstić information content (AvgIpc) is 2.39. The summed E-state index contributed by atoms with van der Waals surface area (Å²) in [6, 6.07) is -0.266. The lowest BCUT2D eigenvalue weighted by molar-refractivity contribution is 0.205. The molecular formula is C16H32N2O. The molecule has 19 heavy (non-hydrogen) atoms. The standard InChI is InChI=1S/C16H32N2O/c1-3-5-7-8-9-10-11-12-13-15-18(16(17)19)14-6-4-2/h5,7H,3-4,6,8-15H2,1-2H3,(H2,17,19). The van der Waals surface area contributed by atoms with Crippen molar-refractivity contribution < 1.29 is 4.79 Å². The smallest absolute Gasteiger partial charge is 0.314 e. The molecule has 0 aromatic carbocycles. The van der Waals surface area contributed by atoms with Crippen molar-refractivity contribution in [1.29, 1.82) is 0 Å². The largest absolute Gasteiger partial charge is 0.351 e. The number of carbonyl (C=O) groups is 1. The third-order valence-electron chi connectivity index (χ3n) is 3.29. The first-order chi connectivity index (χ1) is 9.22. The van der Waals surface area contributed by atoms with Crippen molar-refractivity contribution in [2.75, 3.05) is 13.1 Å². The summed E-state index contributed by atoms with van der Waals surface area (Å²) in [5.41, 5.74) is 5.37. The third kappa shape index (κ3) is 11.8. The lowest BCUT2D eigenvalue weighted by Crippen LogP contribution is -2.37. The first-order valence-corrected chi connectivity index (χ1v) is 7.91. The summed E-state index contributed by atoms with van der Waals surface area (Å²) in [5.74, 6) is 0. The van der Waals surface area contributed by atoms with Crippen LogP contribution in [0.5, 0.6) is 0 Å². The number of rotatable bonds is 12. The highest BCUT2D eigenvalue weighted by Gasteiger charge is 2.07. The van der Waals surface area contributed by atoms with Crippen LogP contribution >= 0.6 is 0 Å². The van der Waals surface area contributed by atoms with Crippen LogP contribution in [0, 0.1) is 0 Å². The number of amides is 2. The van der Waals surface area contributed by atoms with E-state index in [0.29, 0.717) is 0 Å². The van der Waals surface area contributed by atoms with Gasteiger partial charge in [0, 0.05) is 13.1 Å². The number of nitrogens with zero attached hydrogens (tertiary/aromatic N) is 1. The molecule has 2 N–H and O–H groups in total. The second-order valence-electron chi connectivity index (χ2n) is 5.11. The molecule has 0 spiro atoms. The van der Waals surface area contributed by atoms with Gasteiger partial charge in [-0.1, -0.05) is 51.7 Å². The highest BCUT2D eigenvalue weighted by molar-refractivity contribution is 5.71. The van der Waals surface area contributed by atoms with E-state index in [2.05, 4.69) is 26.0 Å². The molecule has 0 fully saturated rings. The normalized spacial score (nSPS) is 11.1. The number of allylic oxidation sites excluding steroid dienone is 2. The van der Waals surface area contributed by atoms with Gasteiger partial charge in [0.2, 0.25) is 0 Å². The highest BCUT2D eigenvalue weighted by atomic mass is 16.2. The van der Waals surface area contributed by atoms with Crippen LogP contribution < -0.4 is 5.73 Å². The fourth-order valence-electron chi connectivity index (χ4n) is 2.06. The number of primary amides is 1. The molecule has 0 atom stereocenters. The molecule has 112 valence electrons. The SMILES string of the molecule is CCC=CCCCCCCCN(CCCC)C(N)=O. The average molecular weight is 268 g/mol. The molecule has 0 aliphatic carbocycles. The molecule has 0 aliphatic heterocycles. The fourth-order valence-corrected chi connectivity index (χ4v) is 2.06. The number of nitrogens with two attached hydrogens (primary N) is 1. The minimum absolute atomic E-state index is 0.266. The van der Waals surface area contributed by atoms with E-state index < -0.39 is 0 Å². The van der Waals surface area contributed by atoms with Crippen LogP contribution in [0.25, 0.3) is 0 Å². The molecule has 0 aromatic rings. The second kappa shape index (κ2) is 13.4. The zero-order valence-corrected chi connectivity index (χ0v) is 12.9. The van der Waals surface area contributed by atoms with Crippen LogP contribution in [-0.2, 0) is 0 Å². The van der Waals surface area contributed by atoms with Crippen LogP contribution in [0.1, 0.15) is 71.6 Å². The van der Waals surface area contributed by atoms with Crippen molar-refractivity contribution in [2.24, 2.45) is 5.73 Å². The summed E-state index contributed by atoms with van der Waals surface area (Å²) >= 11 is 0. The van der Waals surface area contributed by atoms with Crippen molar-refractivity contribution in [3.63, 3.8) is 0 Å². The fraction of sp³-hybridized carbons (Fsp3) is 0.812. The summed E-state index contributed by atoms with van der Waals surface area (Å²) in [7, 11) is 0. The van der Waals surface area contributed by atoms with E-state index >= 15 is 0 Å². The Morgan fingerprint density at radius 2 is 1.58 bits per heavy atom. The maximum Gasteiger partial charge on any atom is 0.314 e. The molecule has 0 saturated carbocycles. The maximum absolute atomic E-state index is 11.2. The van der Waals surface area contributed by atoms with Gasteiger partial charge in [0.1, 0.15) is 0 Å². The van der Waals surface area contributed by atoms with Gasteiger partial charge in [0.05, 0.1) is 0 Å². The zero-order chi connectivity index (χ0) is 14.3. The molecule has 0 aromatic heterocycles. The lowest BCUT2D eigenvalue weighted by Gasteiger charge is -2.19. The number of hydrogen-bond donors (Lipinski definition) is 1. The van der Waals surface area contributed by atoms with Gasteiger partial charge in [0.15, 0.2) is 0 Å². The number of urea groups is 1. The van der Waals surface area contributed by atoms with Gasteiger partial charge in [-0.15, -0.1) is 0 Å². The van der Waals surface area contributed by atoms with Gasteiger partial charge in [-0.05, 0) is 32.1 Å². The summed E-state index contributed by atoms with van der Waals surface area (Å²) in [6.07, 6.45) is 15.1. The van der Waals surface area contributed by atoms with E-state index in [4.69, 9.17) is 5.73 Å². The Morgan fingerprint density at radius 1 is 0.947 bits per heavy atom. The van der Waals surface area contributed by atoms with E-state index in [1.807, 2.05) is 0 Å². The third-order valence-corrected chi connectivity index (χ3v) is 3.29. The number of carbonyl (C=O) groups excluding carboxylic acids is 1. The quantitative estimate of drug-likeness (QED) is 0.412. The predicted octanol–water partition coefficient (Wildman–Crippen LogP) is 4.47. The minimum Gasteiger partial charge on any atom is -0.351 e. The molecule has 0 unspecified atom stereocenters. The van der Waals surface area contributed by atoms with E-state index in [-0.39, 0.29) is 6.03 Å². The molecule has 3 nitrogen and oxygen atoms in total. The molecule has 0 aliphatic rings. The van der Waals surface area contributed by atoms with Crippen molar-refractivity contribution in [3.8, 4) is 0 Å². The Labute approximate surface area is 119 Å². The number of hydrogen-bond acceptors (Lipinski definition) is 1. The van der Waals surface area contributed by atoms with Gasteiger partial charge >= 0.3 is 6.03 Å². The van der Waals surface area contributed by atoms with Gasteiger partial charge in [-0.2, -0.15) is 0 Å². The second-order valence-corrected chi connectivity index (χ2v) is 5.11. The summed E-state index contributed by atoms with van der Waals surface area (Å²) in [4.78, 5) is 13.0. The van der Waals surface area contributed by atoms with Gasteiger partial charge in [-0.3, -0.25) is 0 Å². The monoisotopic (exact) mass is 268 g/mol. The molecule has 3 heteroatoms. The van der Waals surface area contributed by atoms with Crippen LogP contribution in [0.15, 0.2) is 12.2 Å². The van der Waals surface area contributed by atoms with Gasteiger partial charge in [0.25, 0.3) is 0 Å². The van der Waals surface area contributed by atoms with Gasteiger partial charge in [-0.25, -0.2) is 4.79 Å². The predicted molar refractivity (Wildman–Crippen MR) is 83.2 cm³/mol. The van der Waals surface area contributed by atoms with Crippen molar-refractivity contribution in [3.05, 3.63) is 12.2 Å². The van der Waals surface area contributed by atoms with Crippen molar-refractivity contribution in [2.45, 2.75) is 71.6 Å². The lowest BCUT2D eigenvalue weighted by atomic mass is 10.1. The molecule has 0 saturated heterocycles. The topological polar surface area (TPSA) is 46.3 Å². The summed E-state index contributed by atoms with van der Waals surface area (Å²) < 4.78 is 0. The van der Waals surface area contributed by atoms with Crippen molar-refractivity contribution >= 4 is 6.03 Å². The molecule has 0 bridgehead atoms. The summed E-state index contributed by atoms with van der Waals surface area (Å²) in [6.45, 7) is 5.93. The van der Waals surface area contributed by atoms with Crippen LogP contribution in [0.3, 0.4) is 0 Å². The minimum atomic E-state index is -0.266. The highest BCUT2D eigenvalue weighted by Crippen LogP contribution is 2.07. The first-order valence-electron chi connectivity index (χ1n) is 7.91. The number of unbranched alkanes of at least 4 members (excludes halogenated alkanes) is 6. The Bertz CT molecular complexity index is 239. The van der Waals surface area contributed by atoms with E-state index in [0.717, 1.165) is 38.8 Å². The Balaban J connectivity index is 3.44. The van der Waals surface area contributed by atoms with Crippen LogP contribution in [0.2, 0.25) is 0 Å². The molecule has 0 radical (unpaired) electrons. The molecular weight excluding hydrogens is 236 g/mol. The van der Waals surface area contributed by atoms with Gasteiger partial charge < -0.3 is 10.6 Å². The molecule has 2 amide bonds. The van der Waals surface area contributed by atoms with E-state index in [9.17, 15) is 4.79 Å². The van der Waals surface area contributed by atoms with Crippen LogP contribution in [-0.4, -0.2) is 24.0 Å². The Morgan fingerprint density at radius 3 is 2.21 bits per heavy atom. The molecule has 0 rings (SSSR count).